The topological polar surface area (TPSA) is 12.0 Å². The summed E-state index contributed by atoms with van der Waals surface area (Å²) in [7, 11) is 0. The van der Waals surface area contributed by atoms with E-state index in [9.17, 15) is 4.39 Å². The number of halogens is 2. The van der Waals surface area contributed by atoms with Crippen LogP contribution in [0.25, 0.3) is 0 Å². The number of anilines is 1. The lowest BCUT2D eigenvalue weighted by atomic mass is 10.2. The molecule has 0 bridgehead atoms. The predicted octanol–water partition coefficient (Wildman–Crippen LogP) is 4.51. The van der Waals surface area contributed by atoms with Crippen molar-refractivity contribution in [1.29, 1.82) is 0 Å². The first kappa shape index (κ1) is 12.1. The number of benzene rings is 2. The zero-order valence-electron chi connectivity index (χ0n) is 9.50. The molecular formula is C14H13BrFN. The molecule has 2 aromatic carbocycles. The second-order valence-corrected chi connectivity index (χ2v) is 4.83. The fourth-order valence-corrected chi connectivity index (χ4v) is 1.85. The first-order chi connectivity index (χ1) is 8.16. The SMILES string of the molecule is Cc1cccc(NCc2ccc(Br)cc2)c1F. The van der Waals surface area contributed by atoms with Gasteiger partial charge in [0, 0.05) is 11.0 Å². The van der Waals surface area contributed by atoms with Gasteiger partial charge in [-0.2, -0.15) is 0 Å². The first-order valence-electron chi connectivity index (χ1n) is 5.40. The summed E-state index contributed by atoms with van der Waals surface area (Å²) in [6.07, 6.45) is 0. The molecule has 2 aromatic rings. The van der Waals surface area contributed by atoms with E-state index < -0.39 is 0 Å². The molecule has 0 atom stereocenters. The molecule has 88 valence electrons. The number of nitrogens with one attached hydrogen (secondary N) is 1. The van der Waals surface area contributed by atoms with Crippen LogP contribution in [0.5, 0.6) is 0 Å². The van der Waals surface area contributed by atoms with Crippen molar-refractivity contribution in [2.75, 3.05) is 5.32 Å². The second-order valence-electron chi connectivity index (χ2n) is 3.92. The zero-order chi connectivity index (χ0) is 12.3. The first-order valence-corrected chi connectivity index (χ1v) is 6.19. The Morgan fingerprint density at radius 1 is 1.12 bits per heavy atom. The molecule has 0 saturated carbocycles. The van der Waals surface area contributed by atoms with E-state index >= 15 is 0 Å². The molecule has 0 saturated heterocycles. The number of aryl methyl sites for hydroxylation is 1. The Kier molecular flexibility index (Phi) is 3.79. The van der Waals surface area contributed by atoms with Gasteiger partial charge in [-0.15, -0.1) is 0 Å². The molecule has 0 fully saturated rings. The van der Waals surface area contributed by atoms with Crippen LogP contribution in [0.3, 0.4) is 0 Å². The van der Waals surface area contributed by atoms with Crippen LogP contribution < -0.4 is 5.32 Å². The maximum atomic E-state index is 13.7. The van der Waals surface area contributed by atoms with Gasteiger partial charge in [-0.1, -0.05) is 40.2 Å². The van der Waals surface area contributed by atoms with Gasteiger partial charge in [0.15, 0.2) is 0 Å². The maximum Gasteiger partial charge on any atom is 0.149 e. The highest BCUT2D eigenvalue weighted by molar-refractivity contribution is 9.10. The van der Waals surface area contributed by atoms with Gasteiger partial charge in [-0.05, 0) is 36.2 Å². The Morgan fingerprint density at radius 2 is 1.82 bits per heavy atom. The molecule has 17 heavy (non-hydrogen) atoms. The lowest BCUT2D eigenvalue weighted by Crippen LogP contribution is -2.02. The smallest absolute Gasteiger partial charge is 0.149 e. The molecule has 0 aliphatic heterocycles. The standard InChI is InChI=1S/C14H13BrFN/c1-10-3-2-4-13(14(10)16)17-9-11-5-7-12(15)8-6-11/h2-8,17H,9H2,1H3. The summed E-state index contributed by atoms with van der Waals surface area (Å²) < 4.78 is 14.7. The summed E-state index contributed by atoms with van der Waals surface area (Å²) in [5, 5.41) is 3.10. The molecule has 0 heterocycles. The molecule has 0 aromatic heterocycles. The second kappa shape index (κ2) is 5.32. The van der Waals surface area contributed by atoms with Crippen LogP contribution in [0.4, 0.5) is 10.1 Å². The monoisotopic (exact) mass is 293 g/mol. The van der Waals surface area contributed by atoms with E-state index in [1.165, 1.54) is 0 Å². The molecule has 0 spiro atoms. The average Bonchev–Trinajstić information content (AvgIpc) is 2.33. The quantitative estimate of drug-likeness (QED) is 0.878. The molecule has 0 aliphatic carbocycles. The minimum absolute atomic E-state index is 0.176. The van der Waals surface area contributed by atoms with Gasteiger partial charge in [0.2, 0.25) is 0 Å². The van der Waals surface area contributed by atoms with E-state index in [2.05, 4.69) is 21.2 Å². The van der Waals surface area contributed by atoms with Crippen molar-refractivity contribution in [2.24, 2.45) is 0 Å². The van der Waals surface area contributed by atoms with E-state index in [0.717, 1.165) is 10.0 Å². The van der Waals surface area contributed by atoms with Crippen LogP contribution in [-0.4, -0.2) is 0 Å². The van der Waals surface area contributed by atoms with E-state index in [-0.39, 0.29) is 5.82 Å². The highest BCUT2D eigenvalue weighted by Gasteiger charge is 2.03. The number of hydrogen-bond donors (Lipinski definition) is 1. The Morgan fingerprint density at radius 3 is 2.53 bits per heavy atom. The summed E-state index contributed by atoms with van der Waals surface area (Å²) in [6.45, 7) is 2.38. The molecule has 1 N–H and O–H groups in total. The predicted molar refractivity (Wildman–Crippen MR) is 72.6 cm³/mol. The fourth-order valence-electron chi connectivity index (χ4n) is 1.58. The van der Waals surface area contributed by atoms with Crippen molar-refractivity contribution in [3.8, 4) is 0 Å². The van der Waals surface area contributed by atoms with E-state index in [0.29, 0.717) is 17.8 Å². The Hall–Kier alpha value is -1.35. The van der Waals surface area contributed by atoms with Crippen molar-refractivity contribution < 1.29 is 4.39 Å². The molecule has 2 rings (SSSR count). The van der Waals surface area contributed by atoms with E-state index in [1.807, 2.05) is 30.3 Å². The van der Waals surface area contributed by atoms with Crippen LogP contribution >= 0.6 is 15.9 Å². The molecular weight excluding hydrogens is 281 g/mol. The third kappa shape index (κ3) is 3.07. The van der Waals surface area contributed by atoms with Crippen LogP contribution in [-0.2, 0) is 6.54 Å². The highest BCUT2D eigenvalue weighted by atomic mass is 79.9. The van der Waals surface area contributed by atoms with Gasteiger partial charge in [0.25, 0.3) is 0 Å². The molecule has 1 nitrogen and oxygen atoms in total. The Bertz CT molecular complexity index is 508. The highest BCUT2D eigenvalue weighted by Crippen LogP contribution is 2.18. The molecule has 0 unspecified atom stereocenters. The summed E-state index contributed by atoms with van der Waals surface area (Å²) in [4.78, 5) is 0. The minimum atomic E-state index is -0.176. The summed E-state index contributed by atoms with van der Waals surface area (Å²) in [5.74, 6) is -0.176. The maximum absolute atomic E-state index is 13.7. The summed E-state index contributed by atoms with van der Waals surface area (Å²) >= 11 is 3.38. The van der Waals surface area contributed by atoms with Gasteiger partial charge >= 0.3 is 0 Å². The van der Waals surface area contributed by atoms with Gasteiger partial charge in [0.1, 0.15) is 5.82 Å². The van der Waals surface area contributed by atoms with Gasteiger partial charge in [0.05, 0.1) is 5.69 Å². The third-order valence-corrected chi connectivity index (χ3v) is 3.12. The van der Waals surface area contributed by atoms with Crippen molar-refractivity contribution in [3.05, 3.63) is 63.9 Å². The van der Waals surface area contributed by atoms with Gasteiger partial charge in [-0.25, -0.2) is 4.39 Å². The molecule has 0 amide bonds. The zero-order valence-corrected chi connectivity index (χ0v) is 11.1. The Labute approximate surface area is 109 Å². The largest absolute Gasteiger partial charge is 0.379 e. The molecule has 3 heteroatoms. The number of hydrogen-bond acceptors (Lipinski definition) is 1. The van der Waals surface area contributed by atoms with E-state index in [4.69, 9.17) is 0 Å². The van der Waals surface area contributed by atoms with Crippen LogP contribution in [0.15, 0.2) is 46.9 Å². The van der Waals surface area contributed by atoms with E-state index in [1.54, 1.807) is 19.1 Å². The van der Waals surface area contributed by atoms with Crippen molar-refractivity contribution in [3.63, 3.8) is 0 Å². The molecule has 0 aliphatic rings. The summed E-state index contributed by atoms with van der Waals surface area (Å²) in [5.41, 5.74) is 2.33. The van der Waals surface area contributed by atoms with Crippen LogP contribution in [0.2, 0.25) is 0 Å². The lowest BCUT2D eigenvalue weighted by molar-refractivity contribution is 0.621. The third-order valence-electron chi connectivity index (χ3n) is 2.59. The minimum Gasteiger partial charge on any atom is -0.379 e. The van der Waals surface area contributed by atoms with Crippen LogP contribution in [0.1, 0.15) is 11.1 Å². The van der Waals surface area contributed by atoms with Gasteiger partial charge in [-0.3, -0.25) is 0 Å². The van der Waals surface area contributed by atoms with Crippen molar-refractivity contribution in [1.82, 2.24) is 0 Å². The normalized spacial score (nSPS) is 10.3. The van der Waals surface area contributed by atoms with Crippen molar-refractivity contribution >= 4 is 21.6 Å². The van der Waals surface area contributed by atoms with Crippen LogP contribution in [0, 0.1) is 12.7 Å². The lowest BCUT2D eigenvalue weighted by Gasteiger charge is -2.09. The van der Waals surface area contributed by atoms with Crippen molar-refractivity contribution in [2.45, 2.75) is 13.5 Å². The number of rotatable bonds is 3. The molecule has 0 radical (unpaired) electrons. The Balaban J connectivity index is 2.07. The summed E-state index contributed by atoms with van der Waals surface area (Å²) in [6, 6.07) is 13.3. The fraction of sp³-hybridized carbons (Fsp3) is 0.143. The van der Waals surface area contributed by atoms with Gasteiger partial charge < -0.3 is 5.32 Å². The average molecular weight is 294 g/mol.